The second-order valence-corrected chi connectivity index (χ2v) is 8.12. The van der Waals surface area contributed by atoms with Gasteiger partial charge in [-0.2, -0.15) is 0 Å². The standard InChI is InChI=1S/C21H23ClN2O/c1-15-18(9-6-10-19(15)22)21(23-17-7-4-3-5-8-17)11-20(12-21)13-24(14-20)16(2)25/h3-10,23H,11-14H2,1-2H3. The zero-order valence-corrected chi connectivity index (χ0v) is 15.4. The zero-order chi connectivity index (χ0) is 17.7. The highest BCUT2D eigenvalue weighted by atomic mass is 35.5. The van der Waals surface area contributed by atoms with E-state index >= 15 is 0 Å². The first-order valence-electron chi connectivity index (χ1n) is 8.78. The summed E-state index contributed by atoms with van der Waals surface area (Å²) in [5.41, 5.74) is 3.68. The van der Waals surface area contributed by atoms with Crippen molar-refractivity contribution in [3.05, 3.63) is 64.7 Å². The number of rotatable bonds is 3. The third kappa shape index (κ3) is 2.71. The second kappa shape index (κ2) is 5.77. The molecule has 1 heterocycles. The Morgan fingerprint density at radius 1 is 1.08 bits per heavy atom. The van der Waals surface area contributed by atoms with E-state index in [9.17, 15) is 4.79 Å². The van der Waals surface area contributed by atoms with Crippen molar-refractivity contribution in [3.63, 3.8) is 0 Å². The van der Waals surface area contributed by atoms with E-state index in [0.29, 0.717) is 0 Å². The molecule has 1 saturated heterocycles. The van der Waals surface area contributed by atoms with Crippen LogP contribution in [0.3, 0.4) is 0 Å². The summed E-state index contributed by atoms with van der Waals surface area (Å²) >= 11 is 6.41. The molecule has 1 aliphatic carbocycles. The monoisotopic (exact) mass is 354 g/mol. The smallest absolute Gasteiger partial charge is 0.219 e. The molecule has 4 heteroatoms. The molecule has 0 atom stereocenters. The maximum Gasteiger partial charge on any atom is 0.219 e. The van der Waals surface area contributed by atoms with Crippen molar-refractivity contribution in [2.45, 2.75) is 32.2 Å². The molecule has 0 radical (unpaired) electrons. The number of para-hydroxylation sites is 1. The summed E-state index contributed by atoms with van der Waals surface area (Å²) in [4.78, 5) is 13.5. The summed E-state index contributed by atoms with van der Waals surface area (Å²) in [5, 5.41) is 4.59. The van der Waals surface area contributed by atoms with Crippen LogP contribution in [0.25, 0.3) is 0 Å². The molecular weight excluding hydrogens is 332 g/mol. The minimum Gasteiger partial charge on any atom is -0.375 e. The molecule has 4 rings (SSSR count). The number of amides is 1. The third-order valence-corrected chi connectivity index (χ3v) is 6.20. The molecule has 1 amide bonds. The highest BCUT2D eigenvalue weighted by molar-refractivity contribution is 6.31. The van der Waals surface area contributed by atoms with Crippen LogP contribution in [0.15, 0.2) is 48.5 Å². The number of likely N-dealkylation sites (tertiary alicyclic amines) is 1. The van der Waals surface area contributed by atoms with Crippen LogP contribution in [0, 0.1) is 12.3 Å². The molecule has 3 nitrogen and oxygen atoms in total. The van der Waals surface area contributed by atoms with Gasteiger partial charge in [-0.3, -0.25) is 4.79 Å². The van der Waals surface area contributed by atoms with Crippen LogP contribution < -0.4 is 5.32 Å². The fourth-order valence-electron chi connectivity index (χ4n) is 4.71. The molecule has 0 bridgehead atoms. The van der Waals surface area contributed by atoms with E-state index in [-0.39, 0.29) is 16.9 Å². The lowest BCUT2D eigenvalue weighted by atomic mass is 9.51. The summed E-state index contributed by atoms with van der Waals surface area (Å²) in [7, 11) is 0. The van der Waals surface area contributed by atoms with Crippen LogP contribution in [0.5, 0.6) is 0 Å². The number of hydrogen-bond donors (Lipinski definition) is 1. The molecule has 2 aromatic carbocycles. The summed E-state index contributed by atoms with van der Waals surface area (Å²) in [6.07, 6.45) is 2.06. The molecule has 2 aromatic rings. The molecule has 2 fully saturated rings. The summed E-state index contributed by atoms with van der Waals surface area (Å²) in [6.45, 7) is 5.50. The molecule has 1 spiro atoms. The van der Waals surface area contributed by atoms with Gasteiger partial charge in [0.05, 0.1) is 5.54 Å². The van der Waals surface area contributed by atoms with E-state index < -0.39 is 0 Å². The van der Waals surface area contributed by atoms with Crippen molar-refractivity contribution in [1.82, 2.24) is 4.90 Å². The van der Waals surface area contributed by atoms with E-state index in [1.54, 1.807) is 6.92 Å². The Morgan fingerprint density at radius 3 is 2.40 bits per heavy atom. The lowest BCUT2D eigenvalue weighted by molar-refractivity contribution is -0.154. The number of halogens is 1. The van der Waals surface area contributed by atoms with Gasteiger partial charge < -0.3 is 10.2 Å². The first kappa shape index (κ1) is 16.5. The Hall–Kier alpha value is -2.00. The Bertz CT molecular complexity index is 804. The highest BCUT2D eigenvalue weighted by Crippen LogP contribution is 2.60. The molecule has 1 N–H and O–H groups in total. The predicted molar refractivity (Wildman–Crippen MR) is 102 cm³/mol. The fourth-order valence-corrected chi connectivity index (χ4v) is 4.88. The van der Waals surface area contributed by atoms with Crippen molar-refractivity contribution in [2.24, 2.45) is 5.41 Å². The maximum absolute atomic E-state index is 11.6. The van der Waals surface area contributed by atoms with Gasteiger partial charge in [-0.1, -0.05) is 41.9 Å². The molecule has 0 unspecified atom stereocenters. The number of carbonyl (C=O) groups is 1. The summed E-state index contributed by atoms with van der Waals surface area (Å²) in [6, 6.07) is 16.5. The molecule has 2 aliphatic rings. The first-order chi connectivity index (χ1) is 11.9. The molecule has 1 aliphatic heterocycles. The quantitative estimate of drug-likeness (QED) is 0.873. The van der Waals surface area contributed by atoms with Gasteiger partial charge in [-0.25, -0.2) is 0 Å². The normalized spacial score (nSPS) is 19.9. The van der Waals surface area contributed by atoms with Gasteiger partial charge in [-0.15, -0.1) is 0 Å². The van der Waals surface area contributed by atoms with Gasteiger partial charge in [0, 0.05) is 36.1 Å². The molecule has 25 heavy (non-hydrogen) atoms. The largest absolute Gasteiger partial charge is 0.375 e. The van der Waals surface area contributed by atoms with Crippen molar-refractivity contribution in [3.8, 4) is 0 Å². The number of nitrogens with one attached hydrogen (secondary N) is 1. The lowest BCUT2D eigenvalue weighted by Crippen LogP contribution is -2.69. The summed E-state index contributed by atoms with van der Waals surface area (Å²) in [5.74, 6) is 0.179. The van der Waals surface area contributed by atoms with Gasteiger partial charge in [0.25, 0.3) is 0 Å². The Balaban J connectivity index is 1.64. The fraction of sp³-hybridized carbons (Fsp3) is 0.381. The molecule has 0 aromatic heterocycles. The lowest BCUT2D eigenvalue weighted by Gasteiger charge is -2.65. The average molecular weight is 355 g/mol. The second-order valence-electron chi connectivity index (χ2n) is 7.71. The number of hydrogen-bond acceptors (Lipinski definition) is 2. The minimum atomic E-state index is -0.112. The van der Waals surface area contributed by atoms with Crippen LogP contribution in [-0.2, 0) is 10.3 Å². The average Bonchev–Trinajstić information content (AvgIpc) is 2.52. The SMILES string of the molecule is CC(=O)N1CC2(C1)CC(Nc1ccccc1)(c1cccc(Cl)c1C)C2. The predicted octanol–water partition coefficient (Wildman–Crippen LogP) is 4.60. The van der Waals surface area contributed by atoms with E-state index in [2.05, 4.69) is 42.6 Å². The number of benzene rings is 2. The van der Waals surface area contributed by atoms with E-state index in [1.807, 2.05) is 23.1 Å². The number of carbonyl (C=O) groups excluding carboxylic acids is 1. The number of anilines is 1. The van der Waals surface area contributed by atoms with Crippen LogP contribution in [0.4, 0.5) is 5.69 Å². The molecule has 130 valence electrons. The summed E-state index contributed by atoms with van der Waals surface area (Å²) < 4.78 is 0. The van der Waals surface area contributed by atoms with Crippen molar-refractivity contribution < 1.29 is 4.79 Å². The molecule has 1 saturated carbocycles. The molecular formula is C21H23ClN2O. The van der Waals surface area contributed by atoms with Gasteiger partial charge in [0.2, 0.25) is 5.91 Å². The zero-order valence-electron chi connectivity index (χ0n) is 14.7. The van der Waals surface area contributed by atoms with Crippen LogP contribution >= 0.6 is 11.6 Å². The van der Waals surface area contributed by atoms with Crippen molar-refractivity contribution >= 4 is 23.2 Å². The number of nitrogens with zero attached hydrogens (tertiary/aromatic N) is 1. The van der Waals surface area contributed by atoms with Gasteiger partial charge >= 0.3 is 0 Å². The van der Waals surface area contributed by atoms with Crippen molar-refractivity contribution in [2.75, 3.05) is 18.4 Å². The first-order valence-corrected chi connectivity index (χ1v) is 9.15. The minimum absolute atomic E-state index is 0.112. The van der Waals surface area contributed by atoms with E-state index in [4.69, 9.17) is 11.6 Å². The van der Waals surface area contributed by atoms with Crippen LogP contribution in [0.2, 0.25) is 5.02 Å². The maximum atomic E-state index is 11.6. The van der Waals surface area contributed by atoms with Crippen LogP contribution in [0.1, 0.15) is 30.9 Å². The third-order valence-electron chi connectivity index (χ3n) is 5.79. The Kier molecular flexibility index (Phi) is 3.80. The van der Waals surface area contributed by atoms with Gasteiger partial charge in [0.15, 0.2) is 0 Å². The van der Waals surface area contributed by atoms with Gasteiger partial charge in [-0.05, 0) is 49.1 Å². The van der Waals surface area contributed by atoms with E-state index in [0.717, 1.165) is 42.2 Å². The van der Waals surface area contributed by atoms with Crippen LogP contribution in [-0.4, -0.2) is 23.9 Å². The van der Waals surface area contributed by atoms with E-state index in [1.165, 1.54) is 5.56 Å². The topological polar surface area (TPSA) is 32.3 Å². The van der Waals surface area contributed by atoms with Gasteiger partial charge in [0.1, 0.15) is 0 Å². The Morgan fingerprint density at radius 2 is 1.76 bits per heavy atom. The van der Waals surface area contributed by atoms with Crippen molar-refractivity contribution in [1.29, 1.82) is 0 Å². The Labute approximate surface area is 154 Å². The highest BCUT2D eigenvalue weighted by Gasteiger charge is 2.61.